The van der Waals surface area contributed by atoms with Crippen molar-refractivity contribution in [3.05, 3.63) is 51.9 Å². The number of rotatable bonds is 5. The van der Waals surface area contributed by atoms with Gasteiger partial charge in [-0.15, -0.1) is 0 Å². The van der Waals surface area contributed by atoms with Crippen LogP contribution < -0.4 is 5.32 Å². The van der Waals surface area contributed by atoms with E-state index in [0.717, 1.165) is 12.8 Å². The Morgan fingerprint density at radius 1 is 1.26 bits per heavy atom. The van der Waals surface area contributed by atoms with Crippen molar-refractivity contribution in [3.8, 4) is 0 Å². The molecule has 1 aromatic heterocycles. The molecule has 27 heavy (non-hydrogen) atoms. The summed E-state index contributed by atoms with van der Waals surface area (Å²) in [5, 5.41) is 12.1. The second-order valence-corrected chi connectivity index (χ2v) is 6.87. The molecule has 2 amide bonds. The number of furan rings is 1. The second-order valence-electron chi connectivity index (χ2n) is 6.43. The molecule has 1 aliphatic rings. The molecule has 1 aromatic carbocycles. The minimum absolute atomic E-state index is 0.0684. The summed E-state index contributed by atoms with van der Waals surface area (Å²) < 4.78 is 5.21. The van der Waals surface area contributed by atoms with Gasteiger partial charge in [0.2, 0.25) is 0 Å². The van der Waals surface area contributed by atoms with E-state index in [4.69, 9.17) is 21.1 Å². The maximum absolute atomic E-state index is 12.8. The molecule has 2 aromatic rings. The first kappa shape index (κ1) is 19.0. The van der Waals surface area contributed by atoms with Crippen molar-refractivity contribution in [2.24, 2.45) is 0 Å². The van der Waals surface area contributed by atoms with Gasteiger partial charge < -0.3 is 19.7 Å². The topological polar surface area (TPSA) is 99.8 Å². The third kappa shape index (κ3) is 4.14. The summed E-state index contributed by atoms with van der Waals surface area (Å²) in [4.78, 5) is 38.2. The number of hydrogen-bond acceptors (Lipinski definition) is 4. The lowest BCUT2D eigenvalue weighted by atomic mass is 10.1. The van der Waals surface area contributed by atoms with E-state index >= 15 is 0 Å². The molecule has 142 valence electrons. The number of carbonyl (C=O) groups is 3. The summed E-state index contributed by atoms with van der Waals surface area (Å²) in [6, 6.07) is 4.67. The zero-order valence-corrected chi connectivity index (χ0v) is 15.5. The molecule has 2 N–H and O–H groups in total. The molecule has 0 bridgehead atoms. The summed E-state index contributed by atoms with van der Waals surface area (Å²) in [7, 11) is 0. The molecule has 3 rings (SSSR count). The molecule has 0 aliphatic carbocycles. The molecule has 7 nitrogen and oxygen atoms in total. The van der Waals surface area contributed by atoms with Crippen molar-refractivity contribution in [1.29, 1.82) is 0 Å². The molecule has 0 radical (unpaired) electrons. The van der Waals surface area contributed by atoms with Crippen LogP contribution >= 0.6 is 11.6 Å². The Balaban J connectivity index is 1.90. The number of carboxylic acid groups (broad SMARTS) is 1. The van der Waals surface area contributed by atoms with E-state index in [0.29, 0.717) is 34.9 Å². The van der Waals surface area contributed by atoms with Gasteiger partial charge in [-0.2, -0.15) is 0 Å². The highest BCUT2D eigenvalue weighted by molar-refractivity contribution is 6.31. The fraction of sp³-hybridized carbons (Fsp3) is 0.316. The van der Waals surface area contributed by atoms with Crippen LogP contribution in [0.1, 0.15) is 44.9 Å². The molecular weight excluding hydrogens is 372 g/mol. The average molecular weight is 391 g/mol. The number of carbonyl (C=O) groups excluding carboxylic acids is 2. The first-order valence-electron chi connectivity index (χ1n) is 8.55. The van der Waals surface area contributed by atoms with Crippen LogP contribution in [0, 0.1) is 6.92 Å². The number of amides is 2. The van der Waals surface area contributed by atoms with E-state index in [1.807, 2.05) is 0 Å². The van der Waals surface area contributed by atoms with Crippen LogP contribution in [0.25, 0.3) is 0 Å². The fourth-order valence-corrected chi connectivity index (χ4v) is 3.32. The zero-order valence-electron chi connectivity index (χ0n) is 14.8. The van der Waals surface area contributed by atoms with Crippen molar-refractivity contribution in [2.75, 3.05) is 18.4 Å². The van der Waals surface area contributed by atoms with Gasteiger partial charge in [-0.25, -0.2) is 0 Å². The van der Waals surface area contributed by atoms with Crippen molar-refractivity contribution >= 4 is 35.1 Å². The molecule has 1 saturated heterocycles. The lowest BCUT2D eigenvalue weighted by molar-refractivity contribution is -0.136. The Morgan fingerprint density at radius 3 is 2.63 bits per heavy atom. The first-order chi connectivity index (χ1) is 12.9. The van der Waals surface area contributed by atoms with Crippen molar-refractivity contribution in [3.63, 3.8) is 0 Å². The highest BCUT2D eigenvalue weighted by Crippen LogP contribution is 2.26. The zero-order chi connectivity index (χ0) is 19.6. The standard InChI is InChI=1S/C19H19ClN2O5/c1-11-10-27-15(9-16(23)24)17(11)18(25)21-14-5-4-12(20)8-13(14)19(26)22-6-2-3-7-22/h4-5,8,10H,2-3,6-7,9H2,1H3,(H,21,25)(H,23,24). The number of anilines is 1. The summed E-state index contributed by atoms with van der Waals surface area (Å²) in [5.41, 5.74) is 1.30. The molecule has 0 saturated carbocycles. The Kier molecular flexibility index (Phi) is 5.51. The third-order valence-corrected chi connectivity index (χ3v) is 4.68. The monoisotopic (exact) mass is 390 g/mol. The van der Waals surface area contributed by atoms with Gasteiger partial charge in [-0.3, -0.25) is 14.4 Å². The van der Waals surface area contributed by atoms with Crippen LogP contribution in [-0.4, -0.2) is 40.9 Å². The molecule has 0 unspecified atom stereocenters. The average Bonchev–Trinajstić information content (AvgIpc) is 3.25. The normalized spacial score (nSPS) is 13.6. The van der Waals surface area contributed by atoms with Crippen LogP contribution in [0.5, 0.6) is 0 Å². The SMILES string of the molecule is Cc1coc(CC(=O)O)c1C(=O)Nc1ccc(Cl)cc1C(=O)N1CCCC1. The van der Waals surface area contributed by atoms with Crippen LogP contribution in [0.3, 0.4) is 0 Å². The molecule has 1 aliphatic heterocycles. The number of nitrogens with one attached hydrogen (secondary N) is 1. The number of likely N-dealkylation sites (tertiary alicyclic amines) is 1. The Hall–Kier alpha value is -2.80. The van der Waals surface area contributed by atoms with Gasteiger partial charge in [0.1, 0.15) is 12.2 Å². The molecule has 8 heteroatoms. The van der Waals surface area contributed by atoms with Gasteiger partial charge in [0, 0.05) is 23.7 Å². The fourth-order valence-electron chi connectivity index (χ4n) is 3.15. The quantitative estimate of drug-likeness (QED) is 0.815. The summed E-state index contributed by atoms with van der Waals surface area (Å²) in [6.07, 6.45) is 2.82. The first-order valence-corrected chi connectivity index (χ1v) is 8.93. The molecule has 0 atom stereocenters. The predicted molar refractivity (Wildman–Crippen MR) is 99.3 cm³/mol. The predicted octanol–water partition coefficient (Wildman–Crippen LogP) is 3.36. The van der Waals surface area contributed by atoms with E-state index in [1.165, 1.54) is 12.3 Å². The van der Waals surface area contributed by atoms with Gasteiger partial charge in [0.25, 0.3) is 11.8 Å². The molecule has 0 spiro atoms. The van der Waals surface area contributed by atoms with Gasteiger partial charge in [0.05, 0.1) is 23.1 Å². The summed E-state index contributed by atoms with van der Waals surface area (Å²) >= 11 is 6.05. The highest BCUT2D eigenvalue weighted by atomic mass is 35.5. The lowest BCUT2D eigenvalue weighted by Gasteiger charge is -2.18. The molecular formula is C19H19ClN2O5. The third-order valence-electron chi connectivity index (χ3n) is 4.44. The lowest BCUT2D eigenvalue weighted by Crippen LogP contribution is -2.29. The maximum Gasteiger partial charge on any atom is 0.311 e. The summed E-state index contributed by atoms with van der Waals surface area (Å²) in [5.74, 6) is -1.76. The van der Waals surface area contributed by atoms with Crippen LogP contribution in [0.2, 0.25) is 5.02 Å². The number of halogens is 1. The minimum atomic E-state index is -1.10. The van der Waals surface area contributed by atoms with Crippen molar-refractivity contribution in [1.82, 2.24) is 4.90 Å². The van der Waals surface area contributed by atoms with E-state index < -0.39 is 18.3 Å². The van der Waals surface area contributed by atoms with E-state index in [2.05, 4.69) is 5.32 Å². The van der Waals surface area contributed by atoms with Crippen molar-refractivity contribution in [2.45, 2.75) is 26.2 Å². The number of aryl methyl sites for hydroxylation is 1. The van der Waals surface area contributed by atoms with Crippen LogP contribution in [0.4, 0.5) is 5.69 Å². The van der Waals surface area contributed by atoms with Crippen molar-refractivity contribution < 1.29 is 23.9 Å². The Labute approximate surface area is 160 Å². The number of benzene rings is 1. The number of hydrogen-bond donors (Lipinski definition) is 2. The number of nitrogens with zero attached hydrogens (tertiary/aromatic N) is 1. The van der Waals surface area contributed by atoms with E-state index in [1.54, 1.807) is 24.0 Å². The van der Waals surface area contributed by atoms with Gasteiger partial charge in [-0.1, -0.05) is 11.6 Å². The Bertz CT molecular complexity index is 900. The smallest absolute Gasteiger partial charge is 0.311 e. The molecule has 1 fully saturated rings. The van der Waals surface area contributed by atoms with Gasteiger partial charge in [-0.05, 0) is 38.0 Å². The highest BCUT2D eigenvalue weighted by Gasteiger charge is 2.25. The number of aliphatic carboxylic acids is 1. The van der Waals surface area contributed by atoms with Crippen LogP contribution in [0.15, 0.2) is 28.9 Å². The Morgan fingerprint density at radius 2 is 1.96 bits per heavy atom. The summed E-state index contributed by atoms with van der Waals surface area (Å²) in [6.45, 7) is 2.99. The maximum atomic E-state index is 12.8. The largest absolute Gasteiger partial charge is 0.481 e. The van der Waals surface area contributed by atoms with E-state index in [-0.39, 0.29) is 17.2 Å². The van der Waals surface area contributed by atoms with Gasteiger partial charge in [0.15, 0.2) is 0 Å². The second kappa shape index (κ2) is 7.84. The van der Waals surface area contributed by atoms with Crippen LogP contribution in [-0.2, 0) is 11.2 Å². The minimum Gasteiger partial charge on any atom is -0.481 e. The van der Waals surface area contributed by atoms with E-state index in [9.17, 15) is 14.4 Å². The van der Waals surface area contributed by atoms with Gasteiger partial charge >= 0.3 is 5.97 Å². The molecule has 2 heterocycles. The number of carboxylic acids is 1.